The standard InChI is InChI=1S/C17H21N3O/c1-12(2)15(10-13-6-4-3-5-7-13)17(21)20-14-8-9-16(18)19-11-14/h3-9,11-12,15H,10H2,1-2H3,(H2,18,19)(H,20,21). The summed E-state index contributed by atoms with van der Waals surface area (Å²) >= 11 is 0. The van der Waals surface area contributed by atoms with Crippen LogP contribution in [0.25, 0.3) is 0 Å². The number of nitrogen functional groups attached to an aromatic ring is 1. The number of nitrogens with one attached hydrogen (secondary N) is 1. The number of nitrogens with two attached hydrogens (primary N) is 1. The number of hydrogen-bond acceptors (Lipinski definition) is 3. The van der Waals surface area contributed by atoms with Gasteiger partial charge in [-0.2, -0.15) is 0 Å². The van der Waals surface area contributed by atoms with Crippen LogP contribution < -0.4 is 11.1 Å². The molecule has 0 spiro atoms. The van der Waals surface area contributed by atoms with Gasteiger partial charge in [-0.15, -0.1) is 0 Å². The molecule has 1 unspecified atom stereocenters. The molecule has 110 valence electrons. The van der Waals surface area contributed by atoms with E-state index in [9.17, 15) is 4.79 Å². The van der Waals surface area contributed by atoms with Crippen molar-refractivity contribution < 1.29 is 4.79 Å². The molecular weight excluding hydrogens is 262 g/mol. The van der Waals surface area contributed by atoms with E-state index < -0.39 is 0 Å². The van der Waals surface area contributed by atoms with Crippen molar-refractivity contribution in [3.8, 4) is 0 Å². The highest BCUT2D eigenvalue weighted by Crippen LogP contribution is 2.20. The van der Waals surface area contributed by atoms with E-state index in [4.69, 9.17) is 5.73 Å². The first kappa shape index (κ1) is 15.0. The van der Waals surface area contributed by atoms with Crippen molar-refractivity contribution in [3.05, 3.63) is 54.2 Å². The molecule has 1 aromatic heterocycles. The maximum Gasteiger partial charge on any atom is 0.228 e. The maximum absolute atomic E-state index is 12.5. The lowest BCUT2D eigenvalue weighted by atomic mass is 9.88. The quantitative estimate of drug-likeness (QED) is 0.886. The lowest BCUT2D eigenvalue weighted by Gasteiger charge is -2.20. The Balaban J connectivity index is 2.07. The highest BCUT2D eigenvalue weighted by Gasteiger charge is 2.22. The molecule has 0 saturated heterocycles. The number of carbonyl (C=O) groups excluding carboxylic acids is 1. The van der Waals surface area contributed by atoms with Gasteiger partial charge in [0.25, 0.3) is 0 Å². The minimum absolute atomic E-state index is 0.0143. The molecule has 0 saturated carbocycles. The fourth-order valence-electron chi connectivity index (χ4n) is 2.21. The number of rotatable bonds is 5. The van der Waals surface area contributed by atoms with Crippen molar-refractivity contribution in [2.75, 3.05) is 11.1 Å². The van der Waals surface area contributed by atoms with Crippen LogP contribution in [0.4, 0.5) is 11.5 Å². The third kappa shape index (κ3) is 4.31. The molecule has 21 heavy (non-hydrogen) atoms. The van der Waals surface area contributed by atoms with Crippen LogP contribution in [-0.2, 0) is 11.2 Å². The van der Waals surface area contributed by atoms with E-state index >= 15 is 0 Å². The molecule has 0 fully saturated rings. The minimum atomic E-state index is -0.0787. The smallest absolute Gasteiger partial charge is 0.228 e. The third-order valence-electron chi connectivity index (χ3n) is 3.49. The number of carbonyl (C=O) groups is 1. The van der Waals surface area contributed by atoms with Crippen LogP contribution in [0.3, 0.4) is 0 Å². The largest absolute Gasteiger partial charge is 0.384 e. The summed E-state index contributed by atoms with van der Waals surface area (Å²) in [6.45, 7) is 4.13. The molecule has 0 aliphatic carbocycles. The molecular formula is C17H21N3O. The summed E-state index contributed by atoms with van der Waals surface area (Å²) in [6, 6.07) is 13.5. The topological polar surface area (TPSA) is 68.0 Å². The molecule has 1 heterocycles. The van der Waals surface area contributed by atoms with Crippen molar-refractivity contribution in [1.29, 1.82) is 0 Å². The van der Waals surface area contributed by atoms with E-state index in [-0.39, 0.29) is 17.7 Å². The van der Waals surface area contributed by atoms with Crippen LogP contribution in [0.15, 0.2) is 48.7 Å². The summed E-state index contributed by atoms with van der Waals surface area (Å²) in [5.74, 6) is 0.634. The predicted molar refractivity (Wildman–Crippen MR) is 85.8 cm³/mol. The van der Waals surface area contributed by atoms with E-state index in [0.29, 0.717) is 11.5 Å². The third-order valence-corrected chi connectivity index (χ3v) is 3.49. The molecule has 0 radical (unpaired) electrons. The Kier molecular flexibility index (Phi) is 4.93. The Morgan fingerprint density at radius 1 is 1.19 bits per heavy atom. The number of amides is 1. The van der Waals surface area contributed by atoms with Gasteiger partial charge in [-0.05, 0) is 30.0 Å². The molecule has 4 heteroatoms. The van der Waals surface area contributed by atoms with Gasteiger partial charge in [0, 0.05) is 5.92 Å². The second kappa shape index (κ2) is 6.88. The number of aromatic nitrogens is 1. The lowest BCUT2D eigenvalue weighted by molar-refractivity contribution is -0.121. The number of hydrogen-bond donors (Lipinski definition) is 2. The summed E-state index contributed by atoms with van der Waals surface area (Å²) < 4.78 is 0. The van der Waals surface area contributed by atoms with Crippen LogP contribution in [0.5, 0.6) is 0 Å². The zero-order valence-corrected chi connectivity index (χ0v) is 12.4. The molecule has 4 nitrogen and oxygen atoms in total. The molecule has 2 rings (SSSR count). The van der Waals surface area contributed by atoms with Crippen molar-refractivity contribution in [3.63, 3.8) is 0 Å². The summed E-state index contributed by atoms with van der Waals surface area (Å²) in [6.07, 6.45) is 2.31. The second-order valence-electron chi connectivity index (χ2n) is 5.50. The summed E-state index contributed by atoms with van der Waals surface area (Å²) in [5, 5.41) is 2.91. The number of benzene rings is 1. The van der Waals surface area contributed by atoms with E-state index in [1.165, 1.54) is 5.56 Å². The van der Waals surface area contributed by atoms with Crippen LogP contribution in [-0.4, -0.2) is 10.9 Å². The summed E-state index contributed by atoms with van der Waals surface area (Å²) in [4.78, 5) is 16.5. The van der Waals surface area contributed by atoms with Crippen LogP contribution in [0, 0.1) is 11.8 Å². The average molecular weight is 283 g/mol. The van der Waals surface area contributed by atoms with E-state index in [0.717, 1.165) is 6.42 Å². The lowest BCUT2D eigenvalue weighted by Crippen LogP contribution is -2.28. The van der Waals surface area contributed by atoms with E-state index in [1.54, 1.807) is 18.3 Å². The Bertz CT molecular complexity index is 579. The van der Waals surface area contributed by atoms with Crippen molar-refractivity contribution in [1.82, 2.24) is 4.98 Å². The molecule has 0 aliphatic heterocycles. The average Bonchev–Trinajstić information content (AvgIpc) is 2.48. The normalized spacial score (nSPS) is 12.1. The monoisotopic (exact) mass is 283 g/mol. The molecule has 0 aliphatic rings. The number of pyridine rings is 1. The molecule has 1 aromatic carbocycles. The van der Waals surface area contributed by atoms with Gasteiger partial charge in [0.1, 0.15) is 5.82 Å². The van der Waals surface area contributed by atoms with Crippen molar-refractivity contribution in [2.24, 2.45) is 11.8 Å². The van der Waals surface area contributed by atoms with Gasteiger partial charge in [0.05, 0.1) is 11.9 Å². The summed E-state index contributed by atoms with van der Waals surface area (Å²) in [7, 11) is 0. The van der Waals surface area contributed by atoms with Gasteiger partial charge >= 0.3 is 0 Å². The highest BCUT2D eigenvalue weighted by molar-refractivity contribution is 5.92. The number of nitrogens with zero attached hydrogens (tertiary/aromatic N) is 1. The Morgan fingerprint density at radius 3 is 2.48 bits per heavy atom. The van der Waals surface area contributed by atoms with Crippen LogP contribution >= 0.6 is 0 Å². The van der Waals surface area contributed by atoms with Crippen molar-refractivity contribution in [2.45, 2.75) is 20.3 Å². The molecule has 1 atom stereocenters. The Labute approximate surface area is 125 Å². The second-order valence-corrected chi connectivity index (χ2v) is 5.50. The molecule has 3 N–H and O–H groups in total. The molecule has 1 amide bonds. The fourth-order valence-corrected chi connectivity index (χ4v) is 2.21. The van der Waals surface area contributed by atoms with Gasteiger partial charge in [-0.3, -0.25) is 4.79 Å². The van der Waals surface area contributed by atoms with Gasteiger partial charge in [-0.25, -0.2) is 4.98 Å². The maximum atomic E-state index is 12.5. The first-order valence-electron chi connectivity index (χ1n) is 7.12. The van der Waals surface area contributed by atoms with E-state index in [2.05, 4.69) is 24.1 Å². The highest BCUT2D eigenvalue weighted by atomic mass is 16.1. The zero-order chi connectivity index (χ0) is 15.2. The first-order chi connectivity index (χ1) is 10.1. The Morgan fingerprint density at radius 2 is 1.90 bits per heavy atom. The SMILES string of the molecule is CC(C)C(Cc1ccccc1)C(=O)Nc1ccc(N)nc1. The van der Waals surface area contributed by atoms with Crippen molar-refractivity contribution >= 4 is 17.4 Å². The van der Waals surface area contributed by atoms with Gasteiger partial charge < -0.3 is 11.1 Å². The van der Waals surface area contributed by atoms with Crippen LogP contribution in [0.2, 0.25) is 0 Å². The van der Waals surface area contributed by atoms with Gasteiger partial charge in [0.15, 0.2) is 0 Å². The fraction of sp³-hybridized carbons (Fsp3) is 0.294. The molecule has 0 bridgehead atoms. The molecule has 2 aromatic rings. The van der Waals surface area contributed by atoms with Crippen LogP contribution in [0.1, 0.15) is 19.4 Å². The summed E-state index contributed by atoms with van der Waals surface area (Å²) in [5.41, 5.74) is 7.39. The predicted octanol–water partition coefficient (Wildman–Crippen LogP) is 3.12. The van der Waals surface area contributed by atoms with Gasteiger partial charge in [-0.1, -0.05) is 44.2 Å². The van der Waals surface area contributed by atoms with E-state index in [1.807, 2.05) is 30.3 Å². The van der Waals surface area contributed by atoms with Gasteiger partial charge in [0.2, 0.25) is 5.91 Å². The zero-order valence-electron chi connectivity index (χ0n) is 12.4. The minimum Gasteiger partial charge on any atom is -0.384 e. The number of anilines is 2. The Hall–Kier alpha value is -2.36. The first-order valence-corrected chi connectivity index (χ1v) is 7.12.